The Morgan fingerprint density at radius 1 is 0.614 bits per heavy atom. The van der Waals surface area contributed by atoms with Gasteiger partial charge in [-0.15, -0.1) is 0 Å². The summed E-state index contributed by atoms with van der Waals surface area (Å²) in [6.45, 7) is 12.3. The highest BCUT2D eigenvalue weighted by molar-refractivity contribution is 5.81. The molecular weight excluding hydrogens is 548 g/mol. The van der Waals surface area contributed by atoms with Gasteiger partial charge in [-0.1, -0.05) is 101 Å². The molecule has 228 valence electrons. The topological polar surface area (TPSA) is 72.8 Å². The Morgan fingerprint density at radius 2 is 1.11 bits per heavy atom. The Morgan fingerprint density at radius 3 is 1.66 bits per heavy atom. The molecule has 4 aromatic rings. The summed E-state index contributed by atoms with van der Waals surface area (Å²) in [5.41, 5.74) is 5.81. The largest absolute Gasteiger partial charge is 0.508 e. The number of hydrogen-bond acceptors (Lipinski definition) is 5. The number of esters is 2. The number of rotatable bonds is 11. The van der Waals surface area contributed by atoms with Gasteiger partial charge in [0.25, 0.3) is 0 Å². The summed E-state index contributed by atoms with van der Waals surface area (Å²) < 4.78 is 11.3. The smallest absolute Gasteiger partial charge is 0.318 e. The van der Waals surface area contributed by atoms with E-state index in [0.717, 1.165) is 23.1 Å². The van der Waals surface area contributed by atoms with E-state index in [1.54, 1.807) is 24.3 Å². The number of hydrogen-bond donors (Lipinski definition) is 1. The summed E-state index contributed by atoms with van der Waals surface area (Å²) in [7, 11) is 0. The standard InChI is InChI=1S/C39H42O5/c1-25(2)21-30-9-13-33(14-10-30)27(5)39(42)44-37-23-31(22-35(40)24-37)8-7-29-11-19-36(20-12-29)43-38(41)28(6)34-17-15-32(16-18-34)26(3)4/h7-20,22-28,40H,21H2,1-6H3/b8-7+. The second kappa shape index (κ2) is 14.7. The van der Waals surface area contributed by atoms with Crippen LogP contribution in [0.2, 0.25) is 0 Å². The zero-order chi connectivity index (χ0) is 31.8. The summed E-state index contributed by atoms with van der Waals surface area (Å²) in [6, 6.07) is 28.0. The molecule has 0 aromatic heterocycles. The molecule has 0 saturated heterocycles. The molecule has 0 amide bonds. The van der Waals surface area contributed by atoms with Crippen molar-refractivity contribution in [3.05, 3.63) is 124 Å². The third-order valence-corrected chi connectivity index (χ3v) is 7.63. The predicted octanol–water partition coefficient (Wildman–Crippen LogP) is 9.30. The van der Waals surface area contributed by atoms with Crippen LogP contribution in [0.15, 0.2) is 91.0 Å². The van der Waals surface area contributed by atoms with Gasteiger partial charge in [-0.3, -0.25) is 9.59 Å². The molecule has 0 spiro atoms. The molecule has 0 aliphatic heterocycles. The molecule has 4 aromatic carbocycles. The molecule has 0 fully saturated rings. The fourth-order valence-electron chi connectivity index (χ4n) is 4.86. The van der Waals surface area contributed by atoms with E-state index in [-0.39, 0.29) is 23.4 Å². The first-order valence-corrected chi connectivity index (χ1v) is 15.2. The summed E-state index contributed by atoms with van der Waals surface area (Å²) in [4.78, 5) is 25.6. The molecule has 1 N–H and O–H groups in total. The van der Waals surface area contributed by atoms with Crippen molar-refractivity contribution in [1.29, 1.82) is 0 Å². The minimum atomic E-state index is -0.453. The molecule has 0 radical (unpaired) electrons. The molecule has 2 unspecified atom stereocenters. The van der Waals surface area contributed by atoms with Gasteiger partial charge in [0.15, 0.2) is 0 Å². The maximum atomic E-state index is 12.9. The van der Waals surface area contributed by atoms with Gasteiger partial charge in [0.05, 0.1) is 11.8 Å². The summed E-state index contributed by atoms with van der Waals surface area (Å²) in [6.07, 6.45) is 4.67. The summed E-state index contributed by atoms with van der Waals surface area (Å²) in [5.74, 6) is 0.182. The monoisotopic (exact) mass is 590 g/mol. The van der Waals surface area contributed by atoms with E-state index in [1.165, 1.54) is 17.2 Å². The van der Waals surface area contributed by atoms with Crippen LogP contribution in [0.4, 0.5) is 0 Å². The third kappa shape index (κ3) is 8.93. The molecule has 44 heavy (non-hydrogen) atoms. The summed E-state index contributed by atoms with van der Waals surface area (Å²) >= 11 is 0. The van der Waals surface area contributed by atoms with Crippen molar-refractivity contribution in [3.63, 3.8) is 0 Å². The molecule has 5 nitrogen and oxygen atoms in total. The highest BCUT2D eigenvalue weighted by atomic mass is 16.5. The SMILES string of the molecule is CC(C)Cc1ccc(C(C)C(=O)Oc2cc(O)cc(/C=C/c3ccc(OC(=O)C(C)c4ccc(C(C)C)cc4)cc3)c2)cc1. The van der Waals surface area contributed by atoms with Crippen LogP contribution >= 0.6 is 0 Å². The third-order valence-electron chi connectivity index (χ3n) is 7.63. The zero-order valence-corrected chi connectivity index (χ0v) is 26.4. The molecule has 0 saturated carbocycles. The predicted molar refractivity (Wildman–Crippen MR) is 177 cm³/mol. The minimum absolute atomic E-state index is 0.00383. The minimum Gasteiger partial charge on any atom is -0.508 e. The van der Waals surface area contributed by atoms with E-state index in [0.29, 0.717) is 23.1 Å². The second-order valence-corrected chi connectivity index (χ2v) is 12.1. The van der Waals surface area contributed by atoms with Crippen molar-refractivity contribution in [3.8, 4) is 17.2 Å². The molecule has 0 aliphatic rings. The Bertz CT molecular complexity index is 1580. The van der Waals surface area contributed by atoms with Gasteiger partial charge in [0.1, 0.15) is 17.2 Å². The van der Waals surface area contributed by atoms with Gasteiger partial charge in [-0.2, -0.15) is 0 Å². The molecule has 0 bridgehead atoms. The summed E-state index contributed by atoms with van der Waals surface area (Å²) in [5, 5.41) is 10.3. The number of ether oxygens (including phenoxy) is 2. The van der Waals surface area contributed by atoms with Crippen LogP contribution in [0.5, 0.6) is 17.2 Å². The van der Waals surface area contributed by atoms with Crippen LogP contribution in [-0.4, -0.2) is 17.0 Å². The maximum absolute atomic E-state index is 12.9. The first-order chi connectivity index (χ1) is 21.0. The number of phenols is 1. The molecule has 5 heteroatoms. The van der Waals surface area contributed by atoms with E-state index in [4.69, 9.17) is 9.47 Å². The van der Waals surface area contributed by atoms with Crippen molar-refractivity contribution in [2.24, 2.45) is 5.92 Å². The van der Waals surface area contributed by atoms with E-state index in [9.17, 15) is 14.7 Å². The number of benzene rings is 4. The Labute approximate surface area is 261 Å². The lowest BCUT2D eigenvalue weighted by molar-refractivity contribution is -0.136. The van der Waals surface area contributed by atoms with Gasteiger partial charge in [-0.25, -0.2) is 0 Å². The van der Waals surface area contributed by atoms with Crippen LogP contribution in [0, 0.1) is 5.92 Å². The van der Waals surface area contributed by atoms with Crippen molar-refractivity contribution in [1.82, 2.24) is 0 Å². The van der Waals surface area contributed by atoms with Crippen LogP contribution in [0.3, 0.4) is 0 Å². The highest BCUT2D eigenvalue weighted by Gasteiger charge is 2.19. The van der Waals surface area contributed by atoms with Crippen molar-refractivity contribution >= 4 is 24.1 Å². The fraction of sp³-hybridized carbons (Fsp3) is 0.282. The Hall–Kier alpha value is -4.64. The number of aromatic hydroxyl groups is 1. The lowest BCUT2D eigenvalue weighted by Crippen LogP contribution is -2.16. The fourth-order valence-corrected chi connectivity index (χ4v) is 4.86. The molecule has 0 aliphatic carbocycles. The second-order valence-electron chi connectivity index (χ2n) is 12.1. The molecule has 4 rings (SSSR count). The average Bonchev–Trinajstić information content (AvgIpc) is 2.99. The normalized spacial score (nSPS) is 12.8. The van der Waals surface area contributed by atoms with Crippen LogP contribution in [0.25, 0.3) is 12.2 Å². The number of phenolic OH excluding ortho intramolecular Hbond substituents is 1. The Kier molecular flexibility index (Phi) is 10.8. The van der Waals surface area contributed by atoms with Crippen molar-refractivity contribution in [2.75, 3.05) is 0 Å². The number of carbonyl (C=O) groups excluding carboxylic acids is 2. The highest BCUT2D eigenvalue weighted by Crippen LogP contribution is 2.27. The molecule has 0 heterocycles. The maximum Gasteiger partial charge on any atom is 0.318 e. The molecular formula is C39H42O5. The van der Waals surface area contributed by atoms with Gasteiger partial charge < -0.3 is 14.6 Å². The van der Waals surface area contributed by atoms with Crippen LogP contribution < -0.4 is 9.47 Å². The lowest BCUT2D eigenvalue weighted by atomic mass is 9.96. The number of carbonyl (C=O) groups is 2. The van der Waals surface area contributed by atoms with E-state index < -0.39 is 11.9 Å². The van der Waals surface area contributed by atoms with E-state index in [1.807, 2.05) is 62.4 Å². The van der Waals surface area contributed by atoms with Crippen LogP contribution in [-0.2, 0) is 16.0 Å². The molecule has 2 atom stereocenters. The zero-order valence-electron chi connectivity index (χ0n) is 26.4. The van der Waals surface area contributed by atoms with Crippen LogP contribution in [0.1, 0.15) is 92.7 Å². The Balaban J connectivity index is 1.35. The van der Waals surface area contributed by atoms with Crippen molar-refractivity contribution in [2.45, 2.75) is 65.7 Å². The van der Waals surface area contributed by atoms with E-state index >= 15 is 0 Å². The lowest BCUT2D eigenvalue weighted by Gasteiger charge is -2.13. The van der Waals surface area contributed by atoms with Gasteiger partial charge in [-0.05, 0) is 89.8 Å². The average molecular weight is 591 g/mol. The first kappa shape index (κ1) is 32.3. The van der Waals surface area contributed by atoms with Gasteiger partial charge >= 0.3 is 11.9 Å². The van der Waals surface area contributed by atoms with Gasteiger partial charge in [0.2, 0.25) is 0 Å². The van der Waals surface area contributed by atoms with Gasteiger partial charge in [0, 0.05) is 6.07 Å². The first-order valence-electron chi connectivity index (χ1n) is 15.2. The van der Waals surface area contributed by atoms with Crippen molar-refractivity contribution < 1.29 is 24.2 Å². The quantitative estimate of drug-likeness (QED) is 0.107. The van der Waals surface area contributed by atoms with E-state index in [2.05, 4.69) is 52.0 Å².